The third-order valence-electron chi connectivity index (χ3n) is 14.8. The van der Waals surface area contributed by atoms with Gasteiger partial charge in [-0.15, -0.1) is 0 Å². The number of halogens is 3. The summed E-state index contributed by atoms with van der Waals surface area (Å²) in [6, 6.07) is 17.5. The van der Waals surface area contributed by atoms with Crippen molar-refractivity contribution in [1.29, 1.82) is 0 Å². The van der Waals surface area contributed by atoms with E-state index in [1.54, 1.807) is 66.8 Å². The Morgan fingerprint density at radius 3 is 0.857 bits per heavy atom. The average Bonchev–Trinajstić information content (AvgIpc) is 2.98. The molecule has 6 aliphatic rings. The Balaban J connectivity index is 1.57. The molecule has 9 rings (SSSR count). The Kier molecular flexibility index (Phi) is 7.42. The quantitative estimate of drug-likeness (QED) is 0.178. The van der Waals surface area contributed by atoms with Crippen LogP contribution in [0, 0.1) is 0 Å². The lowest BCUT2D eigenvalue weighted by molar-refractivity contribution is 0.327. The second-order valence-electron chi connectivity index (χ2n) is 20.9. The molecule has 3 aromatic carbocycles. The van der Waals surface area contributed by atoms with Crippen LogP contribution in [-0.2, 0) is 37.9 Å². The summed E-state index contributed by atoms with van der Waals surface area (Å²) in [5.74, 6) is 0.252. The molecule has 6 aliphatic carbocycles. The van der Waals surface area contributed by atoms with Gasteiger partial charge in [0.2, 0.25) is 0 Å². The Hall–Kier alpha value is -0.683. The molecular weight excluding hydrogens is 808 g/mol. The predicted octanol–water partition coefficient (Wildman–Crippen LogP) is 14.0. The van der Waals surface area contributed by atoms with Crippen molar-refractivity contribution in [3.05, 3.63) is 103 Å². The van der Waals surface area contributed by atoms with Crippen molar-refractivity contribution in [2.75, 3.05) is 0 Å². The summed E-state index contributed by atoms with van der Waals surface area (Å²) in [6.07, 6.45) is 7.42. The van der Waals surface area contributed by atoms with Gasteiger partial charge in [0, 0.05) is 11.3 Å². The number of hydrogen-bond donors (Lipinski definition) is 0. The zero-order chi connectivity index (χ0) is 35.7. The van der Waals surface area contributed by atoms with E-state index in [1.165, 1.54) is 38.5 Å². The molecule has 0 N–H and O–H groups in total. The van der Waals surface area contributed by atoms with Crippen LogP contribution < -0.4 is 0 Å². The molecule has 0 radical (unpaired) electrons. The van der Waals surface area contributed by atoms with Gasteiger partial charge >= 0.3 is 0 Å². The molecule has 0 fully saturated rings. The van der Waals surface area contributed by atoms with Crippen molar-refractivity contribution < 1.29 is 0 Å². The van der Waals surface area contributed by atoms with E-state index in [-0.39, 0.29) is 43.8 Å². The first-order valence-corrected chi connectivity index (χ1v) is 28.0. The van der Waals surface area contributed by atoms with Gasteiger partial charge < -0.3 is 0 Å². The third kappa shape index (κ3) is 4.94. The number of benzene rings is 3. The van der Waals surface area contributed by atoms with Crippen LogP contribution in [0.5, 0.6) is 0 Å². The second kappa shape index (κ2) is 10.3. The van der Waals surface area contributed by atoms with E-state index >= 15 is 0 Å². The molecule has 0 aliphatic heterocycles. The summed E-state index contributed by atoms with van der Waals surface area (Å²) in [7, 11) is 0. The van der Waals surface area contributed by atoms with E-state index in [9.17, 15) is 0 Å². The lowest BCUT2D eigenvalue weighted by atomic mass is 9.49. The van der Waals surface area contributed by atoms with Crippen molar-refractivity contribution >= 4 is 49.8 Å². The molecule has 0 spiro atoms. The van der Waals surface area contributed by atoms with E-state index in [0.717, 1.165) is 6.04 Å². The maximum atomic E-state index is 4.28. The summed E-state index contributed by atoms with van der Waals surface area (Å²) >= 11 is 12.8. The van der Waals surface area contributed by atoms with Crippen LogP contribution in [0.1, 0.15) is 194 Å². The monoisotopic (exact) mass is 862 g/mol. The Morgan fingerprint density at radius 2 is 0.633 bits per heavy atom. The topological polar surface area (TPSA) is 0 Å². The number of fused-ring (bicyclic) bond motifs is 3. The zero-order valence-electron chi connectivity index (χ0n) is 32.1. The third-order valence-corrected chi connectivity index (χ3v) is 18.3. The van der Waals surface area contributed by atoms with Crippen LogP contribution in [0.4, 0.5) is 0 Å². The summed E-state index contributed by atoms with van der Waals surface area (Å²) in [5.41, 5.74) is 19.7. The summed E-state index contributed by atoms with van der Waals surface area (Å²) < 4.78 is -2.18. The zero-order valence-corrected chi connectivity index (χ0v) is 37.9. The van der Waals surface area contributed by atoms with Gasteiger partial charge in [0.15, 0.2) is 0 Å². The molecule has 0 aromatic heterocycles. The first kappa shape index (κ1) is 35.4. The van der Waals surface area contributed by atoms with Gasteiger partial charge in [-0.3, -0.25) is 0 Å². The number of rotatable bonds is 2. The highest BCUT2D eigenvalue weighted by Crippen LogP contribution is 2.67. The Morgan fingerprint density at radius 1 is 0.408 bits per heavy atom. The van der Waals surface area contributed by atoms with Gasteiger partial charge in [0.05, 0.1) is 0 Å². The lowest BCUT2D eigenvalue weighted by Gasteiger charge is -2.56. The molecule has 2 bridgehead atoms. The fraction of sp³-hybridized carbons (Fsp3) is 0.600. The SMILES string of the molecule is CC1(C)CCC(C)(C)c2cc3c(cc21)C1c2cc4c(cc2C3(C[Si](Br)(Br)Br)c2cc3c(cc21)C(C)(C)CCC3(C)C)C(C)(C)CCC4(C)C. The Bertz CT molecular complexity index is 1740. The molecule has 0 unspecified atom stereocenters. The van der Waals surface area contributed by atoms with E-state index in [4.69, 9.17) is 0 Å². The molecule has 0 atom stereocenters. The standard InChI is InChI=1S/C45H57Br3Si/c1-39(2)13-16-42(7,8)35-22-29-26(19-32(35)39)38-27-20-33-36(43(9,10)17-14-40(33,3)4)23-30(27)45(29,25-49(46,47)48)31-24-37-34(21-28(31)38)41(5,6)15-18-44(37,11)12/h19-24,38H,13-18,25H2,1-12H3. The number of hydrogen-bond acceptors (Lipinski definition) is 0. The first-order chi connectivity index (χ1) is 22.3. The van der Waals surface area contributed by atoms with Crippen LogP contribution in [-0.4, -0.2) is 3.93 Å². The minimum absolute atomic E-state index is 0.152. The largest absolute Gasteiger partial charge is 0.268 e. The molecule has 262 valence electrons. The van der Waals surface area contributed by atoms with Crippen LogP contribution in [0.15, 0.2) is 36.4 Å². The summed E-state index contributed by atoms with van der Waals surface area (Å²) in [6.45, 7) is 30.0. The Labute approximate surface area is 322 Å². The fourth-order valence-electron chi connectivity index (χ4n) is 11.2. The highest BCUT2D eigenvalue weighted by atomic mass is 80.0. The van der Waals surface area contributed by atoms with Crippen LogP contribution >= 0.6 is 45.9 Å². The van der Waals surface area contributed by atoms with E-state index < -0.39 is 3.93 Å². The molecule has 0 saturated carbocycles. The van der Waals surface area contributed by atoms with Crippen LogP contribution in [0.25, 0.3) is 0 Å². The second-order valence-corrected chi connectivity index (χ2v) is 44.2. The molecule has 0 amide bonds. The van der Waals surface area contributed by atoms with Crippen LogP contribution in [0.2, 0.25) is 6.04 Å². The first-order valence-electron chi connectivity index (χ1n) is 19.0. The summed E-state index contributed by atoms with van der Waals surface area (Å²) in [4.78, 5) is 0. The van der Waals surface area contributed by atoms with Crippen molar-refractivity contribution in [3.8, 4) is 0 Å². The molecular formula is C45H57Br3Si. The van der Waals surface area contributed by atoms with E-state index in [0.29, 0.717) is 0 Å². The smallest absolute Gasteiger partial charge is 0.0964 e. The van der Waals surface area contributed by atoms with Gasteiger partial charge in [-0.1, -0.05) is 165 Å². The molecule has 3 aromatic rings. The molecule has 0 saturated heterocycles. The molecule has 0 nitrogen and oxygen atoms in total. The van der Waals surface area contributed by atoms with Crippen molar-refractivity contribution in [2.24, 2.45) is 0 Å². The van der Waals surface area contributed by atoms with E-state index in [1.807, 2.05) is 0 Å². The minimum Gasteiger partial charge on any atom is -0.0964 e. The predicted molar refractivity (Wildman–Crippen MR) is 223 cm³/mol. The molecule has 4 heteroatoms. The maximum absolute atomic E-state index is 4.28. The van der Waals surface area contributed by atoms with Crippen molar-refractivity contribution in [3.63, 3.8) is 0 Å². The maximum Gasteiger partial charge on any atom is 0.268 e. The van der Waals surface area contributed by atoms with Gasteiger partial charge in [-0.25, -0.2) is 0 Å². The van der Waals surface area contributed by atoms with Crippen molar-refractivity contribution in [1.82, 2.24) is 0 Å². The van der Waals surface area contributed by atoms with Crippen LogP contribution in [0.3, 0.4) is 0 Å². The van der Waals surface area contributed by atoms with Gasteiger partial charge in [0.1, 0.15) is 0 Å². The molecule has 49 heavy (non-hydrogen) atoms. The fourth-order valence-corrected chi connectivity index (χ4v) is 16.2. The van der Waals surface area contributed by atoms with E-state index in [2.05, 4.69) is 165 Å². The highest BCUT2D eigenvalue weighted by Gasteiger charge is 2.58. The lowest BCUT2D eigenvalue weighted by Crippen LogP contribution is -2.47. The summed E-state index contributed by atoms with van der Waals surface area (Å²) in [5, 5.41) is 0. The van der Waals surface area contributed by atoms with Gasteiger partial charge in [-0.2, -0.15) is 0 Å². The average molecular weight is 866 g/mol. The minimum atomic E-state index is -2.18. The van der Waals surface area contributed by atoms with Gasteiger partial charge in [-0.05, 0) is 144 Å². The normalized spacial score (nSPS) is 28.3. The molecule has 0 heterocycles. The van der Waals surface area contributed by atoms with Crippen molar-refractivity contribution in [2.45, 2.75) is 171 Å². The van der Waals surface area contributed by atoms with Gasteiger partial charge in [0.25, 0.3) is 3.93 Å². The highest BCUT2D eigenvalue weighted by molar-refractivity contribution is 9.72.